The number of esters is 2. The highest BCUT2D eigenvalue weighted by Crippen LogP contribution is 2.43. The summed E-state index contributed by atoms with van der Waals surface area (Å²) in [5.74, 6) is -0.782. The van der Waals surface area contributed by atoms with Crippen molar-refractivity contribution in [1.29, 1.82) is 0 Å². The molecule has 10 heteroatoms. The van der Waals surface area contributed by atoms with Gasteiger partial charge in [0.25, 0.3) is 0 Å². The van der Waals surface area contributed by atoms with E-state index in [-0.39, 0.29) is 25.6 Å². The topological polar surface area (TPSA) is 108 Å². The van der Waals surface area contributed by atoms with Gasteiger partial charge in [-0.3, -0.25) is 18.6 Å². The number of rotatable bonds is 73. The molecule has 528 valence electrons. The molecule has 2 atom stereocenters. The van der Waals surface area contributed by atoms with Gasteiger partial charge < -0.3 is 18.9 Å². The predicted molar refractivity (Wildman–Crippen MR) is 390 cm³/mol. The number of hydrogen-bond acceptors (Lipinski definition) is 7. The minimum absolute atomic E-state index is 0.0319. The van der Waals surface area contributed by atoms with Gasteiger partial charge in [0, 0.05) is 12.8 Å². The zero-order valence-electron chi connectivity index (χ0n) is 60.4. The smallest absolute Gasteiger partial charge is 0.462 e. The molecule has 0 aliphatic heterocycles. The van der Waals surface area contributed by atoms with E-state index in [1.54, 1.807) is 0 Å². The SMILES string of the molecule is CC/C=C\C/C=C\C/C=C\C/C=C\CCCCCCCCCCCCCCC(=O)OC(COC(=O)CCCCCCCCCCCCCCCCCCCCCCCCCCCCCCC/C=C\CCCCCCCCCC)COP(=O)(O)OCC[N+](C)(C)C. The van der Waals surface area contributed by atoms with E-state index >= 15 is 0 Å². The van der Waals surface area contributed by atoms with Crippen molar-refractivity contribution in [3.63, 3.8) is 0 Å². The minimum atomic E-state index is -4.39. The number of allylic oxidation sites excluding steroid dienone is 10. The molecule has 2 unspecified atom stereocenters. The molecule has 0 bridgehead atoms. The number of phosphoric ester groups is 1. The number of hydrogen-bond donors (Lipinski definition) is 1. The molecular weight excluding hydrogens is 1130 g/mol. The van der Waals surface area contributed by atoms with Gasteiger partial charge in [0.2, 0.25) is 0 Å². The second-order valence-electron chi connectivity index (χ2n) is 27.7. The van der Waals surface area contributed by atoms with Gasteiger partial charge in [-0.15, -0.1) is 0 Å². The third kappa shape index (κ3) is 74.7. The first-order chi connectivity index (χ1) is 44.0. The summed E-state index contributed by atoms with van der Waals surface area (Å²) in [5, 5.41) is 0. The fraction of sp³-hybridized carbons (Fsp3) is 0.850. The van der Waals surface area contributed by atoms with Crippen LogP contribution in [0.3, 0.4) is 0 Å². The lowest BCUT2D eigenvalue weighted by molar-refractivity contribution is -0.870. The molecule has 0 heterocycles. The normalized spacial score (nSPS) is 13.4. The molecule has 0 rings (SSSR count). The Morgan fingerprint density at radius 2 is 0.633 bits per heavy atom. The van der Waals surface area contributed by atoms with Crippen LogP contribution in [0.4, 0.5) is 0 Å². The van der Waals surface area contributed by atoms with E-state index in [4.69, 9.17) is 18.5 Å². The summed E-state index contributed by atoms with van der Waals surface area (Å²) in [6, 6.07) is 0. The third-order valence-electron chi connectivity index (χ3n) is 17.5. The molecule has 0 fully saturated rings. The van der Waals surface area contributed by atoms with Crippen LogP contribution in [-0.4, -0.2) is 74.9 Å². The van der Waals surface area contributed by atoms with Crippen LogP contribution in [0.15, 0.2) is 60.8 Å². The zero-order chi connectivity index (χ0) is 65.5. The Bertz CT molecular complexity index is 1700. The van der Waals surface area contributed by atoms with E-state index in [0.717, 1.165) is 64.2 Å². The van der Waals surface area contributed by atoms with Gasteiger partial charge in [-0.1, -0.05) is 357 Å². The average Bonchev–Trinajstić information content (AvgIpc) is 3.58. The Balaban J connectivity index is 3.88. The second-order valence-corrected chi connectivity index (χ2v) is 29.2. The van der Waals surface area contributed by atoms with E-state index in [9.17, 15) is 19.0 Å². The fourth-order valence-electron chi connectivity index (χ4n) is 11.6. The maximum absolute atomic E-state index is 12.9. The van der Waals surface area contributed by atoms with Gasteiger partial charge in [-0.05, 0) is 77.0 Å². The van der Waals surface area contributed by atoms with Gasteiger partial charge >= 0.3 is 19.8 Å². The number of quaternary nitrogens is 1. The van der Waals surface area contributed by atoms with Gasteiger partial charge in [0.05, 0.1) is 27.7 Å². The number of likely N-dealkylation sites (N-methyl/N-ethyl adjacent to an activating group) is 1. The molecule has 0 aliphatic carbocycles. The monoisotopic (exact) mass is 1290 g/mol. The second kappa shape index (κ2) is 71.0. The maximum atomic E-state index is 12.9. The molecule has 9 nitrogen and oxygen atoms in total. The molecule has 0 aromatic heterocycles. The maximum Gasteiger partial charge on any atom is 0.472 e. The van der Waals surface area contributed by atoms with Gasteiger partial charge in [-0.25, -0.2) is 4.57 Å². The molecule has 0 saturated heterocycles. The highest BCUT2D eigenvalue weighted by Gasteiger charge is 2.27. The number of carbonyl (C=O) groups is 2. The highest BCUT2D eigenvalue weighted by molar-refractivity contribution is 7.47. The van der Waals surface area contributed by atoms with Crippen LogP contribution in [0.5, 0.6) is 0 Å². The van der Waals surface area contributed by atoms with Gasteiger partial charge in [-0.2, -0.15) is 0 Å². The first-order valence-electron chi connectivity index (χ1n) is 39.0. The minimum Gasteiger partial charge on any atom is -0.462 e. The summed E-state index contributed by atoms with van der Waals surface area (Å²) >= 11 is 0. The first kappa shape index (κ1) is 87.7. The Morgan fingerprint density at radius 1 is 0.356 bits per heavy atom. The van der Waals surface area contributed by atoms with Crippen molar-refractivity contribution >= 4 is 19.8 Å². The van der Waals surface area contributed by atoms with E-state index < -0.39 is 26.5 Å². The van der Waals surface area contributed by atoms with Crippen LogP contribution >= 0.6 is 7.82 Å². The largest absolute Gasteiger partial charge is 0.472 e. The van der Waals surface area contributed by atoms with Crippen LogP contribution in [-0.2, 0) is 32.7 Å². The van der Waals surface area contributed by atoms with Crippen molar-refractivity contribution in [2.75, 3.05) is 47.5 Å². The Labute approximate surface area is 559 Å². The predicted octanol–water partition coefficient (Wildman–Crippen LogP) is 25.7. The molecule has 1 N–H and O–H groups in total. The molecule has 90 heavy (non-hydrogen) atoms. The average molecular weight is 1290 g/mol. The summed E-state index contributed by atoms with van der Waals surface area (Å²) in [5.41, 5.74) is 0. The van der Waals surface area contributed by atoms with Crippen LogP contribution in [0.25, 0.3) is 0 Å². The van der Waals surface area contributed by atoms with Crippen molar-refractivity contribution in [3.05, 3.63) is 60.8 Å². The highest BCUT2D eigenvalue weighted by atomic mass is 31.2. The van der Waals surface area contributed by atoms with Crippen molar-refractivity contribution < 1.29 is 42.1 Å². The van der Waals surface area contributed by atoms with Crippen LogP contribution in [0, 0.1) is 0 Å². The lowest BCUT2D eigenvalue weighted by Gasteiger charge is -2.24. The fourth-order valence-corrected chi connectivity index (χ4v) is 12.3. The lowest BCUT2D eigenvalue weighted by atomic mass is 10.0. The molecule has 0 spiro atoms. The Morgan fingerprint density at radius 3 is 0.956 bits per heavy atom. The van der Waals surface area contributed by atoms with E-state index in [2.05, 4.69) is 74.6 Å². The van der Waals surface area contributed by atoms with Crippen LogP contribution in [0.2, 0.25) is 0 Å². The lowest BCUT2D eigenvalue weighted by Crippen LogP contribution is -2.37. The van der Waals surface area contributed by atoms with Gasteiger partial charge in [0.1, 0.15) is 19.8 Å². The van der Waals surface area contributed by atoms with Crippen molar-refractivity contribution in [3.8, 4) is 0 Å². The van der Waals surface area contributed by atoms with E-state index in [0.29, 0.717) is 23.9 Å². The molecule has 0 aromatic carbocycles. The van der Waals surface area contributed by atoms with Crippen molar-refractivity contribution in [2.24, 2.45) is 0 Å². The van der Waals surface area contributed by atoms with Crippen LogP contribution in [0.1, 0.15) is 386 Å². The summed E-state index contributed by atoms with van der Waals surface area (Å²) in [7, 11) is 1.49. The summed E-state index contributed by atoms with van der Waals surface area (Å²) < 4.78 is 34.8. The number of ether oxygens (including phenoxy) is 2. The van der Waals surface area contributed by atoms with Crippen molar-refractivity contribution in [2.45, 2.75) is 392 Å². The molecule has 0 aliphatic rings. The Kier molecular flexibility index (Phi) is 69.2. The molecule has 0 amide bonds. The molecule has 0 saturated carbocycles. The third-order valence-corrected chi connectivity index (χ3v) is 18.5. The summed E-state index contributed by atoms with van der Waals surface area (Å²) in [6.07, 6.45) is 95.2. The molecule has 0 aromatic rings. The number of phosphoric acid groups is 1. The summed E-state index contributed by atoms with van der Waals surface area (Å²) in [6.45, 7) is 4.38. The number of carbonyl (C=O) groups excluding carboxylic acids is 2. The standard InChI is InChI=1S/C80H150NO8P/c1-6-8-10-12-14-16-18-20-22-24-26-28-30-32-33-34-35-36-37-38-39-40-41-42-43-44-45-46-47-49-50-52-54-56-58-60-62-64-66-68-70-72-79(82)86-76-78(77-88-90(84,85)87-75-74-81(3,4)5)89-80(83)73-71-69-67-65-63-61-59-57-55-53-51-48-31-29-27-25-23-21-19-17-15-13-11-9-7-2/h9,11,15,17,21,23-24,26-27,29,78H,6-8,10,12-14,16,18-20,22,25,28,30-77H2,1-5H3/p+1/b11-9-,17-15-,23-21-,26-24-,29-27-. The Hall–Kier alpha value is -2.29. The first-order valence-corrected chi connectivity index (χ1v) is 40.5. The van der Waals surface area contributed by atoms with E-state index in [1.807, 2.05) is 21.1 Å². The van der Waals surface area contributed by atoms with Gasteiger partial charge in [0.15, 0.2) is 6.10 Å². The van der Waals surface area contributed by atoms with Crippen LogP contribution < -0.4 is 0 Å². The number of nitrogens with zero attached hydrogens (tertiary/aromatic N) is 1. The molecular formula is C80H151NO8P+. The zero-order valence-corrected chi connectivity index (χ0v) is 61.3. The van der Waals surface area contributed by atoms with E-state index in [1.165, 1.54) is 289 Å². The molecule has 0 radical (unpaired) electrons. The number of unbranched alkanes of at least 4 members (excludes halogenated alkanes) is 49. The van der Waals surface area contributed by atoms with Crippen molar-refractivity contribution in [1.82, 2.24) is 0 Å². The quantitative estimate of drug-likeness (QED) is 0.0211. The summed E-state index contributed by atoms with van der Waals surface area (Å²) in [4.78, 5) is 35.9.